The molecular weight excluding hydrogens is 415 g/mol. The van der Waals surface area contributed by atoms with Gasteiger partial charge in [-0.2, -0.15) is 5.10 Å². The molecular formula is C22H21FN6O3. The molecule has 0 saturated carbocycles. The summed E-state index contributed by atoms with van der Waals surface area (Å²) in [7, 11) is 3.10. The second-order valence-electron chi connectivity index (χ2n) is 6.96. The summed E-state index contributed by atoms with van der Waals surface area (Å²) in [6.07, 6.45) is 4.92. The minimum Gasteiger partial charge on any atom is -0.495 e. The number of methoxy groups -OCH3 is 2. The van der Waals surface area contributed by atoms with Gasteiger partial charge in [0.05, 0.1) is 31.5 Å². The number of pyridine rings is 2. The number of halogens is 1. The number of urea groups is 1. The van der Waals surface area contributed by atoms with Crippen molar-refractivity contribution in [2.75, 3.05) is 26.1 Å². The summed E-state index contributed by atoms with van der Waals surface area (Å²) in [6.45, 7) is 0.226. The van der Waals surface area contributed by atoms with Crippen LogP contribution in [0.4, 0.5) is 15.0 Å². The van der Waals surface area contributed by atoms with E-state index in [1.807, 2.05) is 6.07 Å². The Morgan fingerprint density at radius 1 is 1.16 bits per heavy atom. The van der Waals surface area contributed by atoms with Gasteiger partial charge in [-0.25, -0.2) is 14.2 Å². The molecule has 0 fully saturated rings. The van der Waals surface area contributed by atoms with Crippen LogP contribution in [0, 0.1) is 5.82 Å². The molecule has 0 radical (unpaired) electrons. The van der Waals surface area contributed by atoms with Gasteiger partial charge in [-0.3, -0.25) is 15.4 Å². The normalized spacial score (nSPS) is 11.8. The smallest absolute Gasteiger partial charge is 0.320 e. The van der Waals surface area contributed by atoms with Crippen LogP contribution in [-0.2, 0) is 4.74 Å². The number of nitrogens with one attached hydrogen (secondary N) is 3. The molecule has 0 aliphatic heterocycles. The molecule has 0 unspecified atom stereocenters. The van der Waals surface area contributed by atoms with Crippen molar-refractivity contribution in [2.24, 2.45) is 0 Å². The molecule has 3 heterocycles. The first-order chi connectivity index (χ1) is 15.6. The molecule has 9 nitrogen and oxygen atoms in total. The van der Waals surface area contributed by atoms with E-state index in [-0.39, 0.29) is 12.4 Å². The maximum atomic E-state index is 13.2. The second-order valence-corrected chi connectivity index (χ2v) is 6.96. The Bertz CT molecular complexity index is 1230. The first-order valence-electron chi connectivity index (χ1n) is 9.73. The number of nitrogens with zero attached hydrogens (tertiary/aromatic N) is 3. The van der Waals surface area contributed by atoms with E-state index in [4.69, 9.17) is 9.47 Å². The zero-order valence-corrected chi connectivity index (χ0v) is 17.4. The summed E-state index contributed by atoms with van der Waals surface area (Å²) >= 11 is 0. The lowest BCUT2D eigenvalue weighted by atomic mass is 10.1. The summed E-state index contributed by atoms with van der Waals surface area (Å²) in [4.78, 5) is 21.0. The van der Waals surface area contributed by atoms with Crippen molar-refractivity contribution in [1.82, 2.24) is 25.5 Å². The van der Waals surface area contributed by atoms with E-state index in [1.54, 1.807) is 43.9 Å². The highest BCUT2D eigenvalue weighted by Gasteiger charge is 2.16. The number of ether oxygens (including phenoxy) is 2. The lowest BCUT2D eigenvalue weighted by Crippen LogP contribution is -2.35. The van der Waals surface area contributed by atoms with Crippen molar-refractivity contribution < 1.29 is 18.7 Å². The molecule has 1 atom stereocenters. The quantitative estimate of drug-likeness (QED) is 0.407. The van der Waals surface area contributed by atoms with Crippen LogP contribution in [-0.4, -0.2) is 47.0 Å². The Kier molecular flexibility index (Phi) is 6.22. The molecule has 0 spiro atoms. The Morgan fingerprint density at radius 2 is 1.97 bits per heavy atom. The maximum absolute atomic E-state index is 13.2. The number of aromatic amines is 1. The lowest BCUT2D eigenvalue weighted by Gasteiger charge is -2.18. The van der Waals surface area contributed by atoms with Crippen LogP contribution in [0.1, 0.15) is 11.6 Å². The third kappa shape index (κ3) is 4.65. The largest absolute Gasteiger partial charge is 0.495 e. The van der Waals surface area contributed by atoms with E-state index in [1.165, 1.54) is 19.2 Å². The lowest BCUT2D eigenvalue weighted by molar-refractivity contribution is 0.168. The average molecular weight is 436 g/mol. The van der Waals surface area contributed by atoms with E-state index in [0.717, 1.165) is 16.5 Å². The van der Waals surface area contributed by atoms with Crippen molar-refractivity contribution in [1.29, 1.82) is 0 Å². The van der Waals surface area contributed by atoms with E-state index >= 15 is 0 Å². The first-order valence-corrected chi connectivity index (χ1v) is 9.73. The molecule has 0 saturated heterocycles. The number of hydrogen-bond donors (Lipinski definition) is 3. The Morgan fingerprint density at radius 3 is 2.72 bits per heavy atom. The average Bonchev–Trinajstić information content (AvgIpc) is 3.22. The molecule has 1 aromatic carbocycles. The van der Waals surface area contributed by atoms with Gasteiger partial charge in [0.25, 0.3) is 0 Å². The van der Waals surface area contributed by atoms with Crippen LogP contribution < -0.4 is 15.4 Å². The molecule has 3 aromatic heterocycles. The van der Waals surface area contributed by atoms with Crippen molar-refractivity contribution in [2.45, 2.75) is 6.04 Å². The topological polar surface area (TPSA) is 114 Å². The van der Waals surface area contributed by atoms with Crippen molar-refractivity contribution in [3.8, 4) is 17.0 Å². The number of benzene rings is 1. The van der Waals surface area contributed by atoms with Crippen molar-refractivity contribution >= 4 is 22.8 Å². The number of fused-ring (bicyclic) bond motifs is 1. The van der Waals surface area contributed by atoms with Gasteiger partial charge >= 0.3 is 6.03 Å². The summed E-state index contributed by atoms with van der Waals surface area (Å²) in [5, 5.41) is 13.6. The van der Waals surface area contributed by atoms with Gasteiger partial charge < -0.3 is 14.8 Å². The number of carbonyl (C=O) groups is 1. The number of H-pyrrole nitrogens is 1. The Balaban J connectivity index is 1.50. The van der Waals surface area contributed by atoms with Crippen LogP contribution >= 0.6 is 0 Å². The molecule has 4 rings (SSSR count). The number of carbonyl (C=O) groups excluding carboxylic acids is 1. The van der Waals surface area contributed by atoms with E-state index in [9.17, 15) is 9.18 Å². The number of hydrogen-bond acceptors (Lipinski definition) is 6. The molecule has 10 heteroatoms. The molecule has 3 N–H and O–H groups in total. The van der Waals surface area contributed by atoms with Crippen LogP contribution in [0.2, 0.25) is 0 Å². The van der Waals surface area contributed by atoms with Gasteiger partial charge in [0.15, 0.2) is 0 Å². The van der Waals surface area contributed by atoms with Gasteiger partial charge in [0.1, 0.15) is 23.1 Å². The van der Waals surface area contributed by atoms with Crippen molar-refractivity contribution in [3.05, 3.63) is 66.4 Å². The van der Waals surface area contributed by atoms with Crippen LogP contribution in [0.25, 0.3) is 22.2 Å². The molecule has 0 bridgehead atoms. The molecule has 2 amide bonds. The fourth-order valence-corrected chi connectivity index (χ4v) is 3.25. The number of rotatable bonds is 7. The van der Waals surface area contributed by atoms with Gasteiger partial charge in [-0.05, 0) is 23.8 Å². The molecule has 0 aliphatic rings. The van der Waals surface area contributed by atoms with E-state index in [2.05, 4.69) is 30.8 Å². The molecule has 164 valence electrons. The fourth-order valence-electron chi connectivity index (χ4n) is 3.25. The minimum absolute atomic E-state index is 0.226. The summed E-state index contributed by atoms with van der Waals surface area (Å²) in [5.74, 6) is 0.605. The predicted molar refractivity (Wildman–Crippen MR) is 117 cm³/mol. The first kappa shape index (κ1) is 21.2. The van der Waals surface area contributed by atoms with Gasteiger partial charge in [0.2, 0.25) is 0 Å². The summed E-state index contributed by atoms with van der Waals surface area (Å²) < 4.78 is 23.6. The Hall–Kier alpha value is -4.05. The summed E-state index contributed by atoms with van der Waals surface area (Å²) in [5.41, 5.74) is 2.86. The van der Waals surface area contributed by atoms with Crippen LogP contribution in [0.15, 0.2) is 55.0 Å². The molecule has 32 heavy (non-hydrogen) atoms. The zero-order valence-electron chi connectivity index (χ0n) is 17.4. The van der Waals surface area contributed by atoms with Gasteiger partial charge in [0, 0.05) is 36.5 Å². The van der Waals surface area contributed by atoms with Gasteiger partial charge in [-0.15, -0.1) is 0 Å². The number of amides is 2. The highest BCUT2D eigenvalue weighted by atomic mass is 19.1. The van der Waals surface area contributed by atoms with Crippen LogP contribution in [0.5, 0.6) is 5.75 Å². The highest BCUT2D eigenvalue weighted by molar-refractivity contribution is 5.95. The SMILES string of the molecule is COC[C@@H](NC(=O)Nc1cc2[nH]nc(-c3cncc(OC)c3)c2cn1)c1ccc(F)cc1. The number of anilines is 1. The van der Waals surface area contributed by atoms with Crippen LogP contribution in [0.3, 0.4) is 0 Å². The van der Waals surface area contributed by atoms with E-state index < -0.39 is 12.1 Å². The number of aromatic nitrogens is 4. The molecule has 0 aliphatic carbocycles. The fraction of sp³-hybridized carbons (Fsp3) is 0.182. The maximum Gasteiger partial charge on any atom is 0.320 e. The third-order valence-electron chi connectivity index (χ3n) is 4.82. The van der Waals surface area contributed by atoms with Gasteiger partial charge in [-0.1, -0.05) is 12.1 Å². The predicted octanol–water partition coefficient (Wildman–Crippen LogP) is 3.68. The third-order valence-corrected chi connectivity index (χ3v) is 4.82. The summed E-state index contributed by atoms with van der Waals surface area (Å²) in [6, 6.07) is 8.45. The highest BCUT2D eigenvalue weighted by Crippen LogP contribution is 2.28. The monoisotopic (exact) mass is 436 g/mol. The zero-order chi connectivity index (χ0) is 22.5. The van der Waals surface area contributed by atoms with E-state index in [0.29, 0.717) is 22.8 Å². The second kappa shape index (κ2) is 9.40. The standard InChI is InChI=1S/C22H21FN6O3/c1-31-12-19(13-3-5-15(23)6-4-13)26-22(30)27-20-8-18-17(11-25-20)21(29-28-18)14-7-16(32-2)10-24-9-14/h3-11,19H,12H2,1-2H3,(H,28,29)(H2,25,26,27,30)/t19-/m1/s1. The Labute approximate surface area is 183 Å². The van der Waals surface area contributed by atoms with Crippen molar-refractivity contribution in [3.63, 3.8) is 0 Å². The minimum atomic E-state index is -0.472. The molecule has 4 aromatic rings.